The number of rotatable bonds is 5. The van der Waals surface area contributed by atoms with E-state index < -0.39 is 5.91 Å². The summed E-state index contributed by atoms with van der Waals surface area (Å²) in [6, 6.07) is 2.00. The predicted octanol–water partition coefficient (Wildman–Crippen LogP) is 1.48. The van der Waals surface area contributed by atoms with Crippen LogP contribution in [0.1, 0.15) is 22.3 Å². The molecule has 0 fully saturated rings. The fourth-order valence-electron chi connectivity index (χ4n) is 2.05. The van der Waals surface area contributed by atoms with E-state index in [1.54, 1.807) is 7.11 Å². The highest BCUT2D eigenvalue weighted by Crippen LogP contribution is 2.27. The third-order valence-corrected chi connectivity index (χ3v) is 3.21. The summed E-state index contributed by atoms with van der Waals surface area (Å²) in [5, 5.41) is 2.55. The smallest absolute Gasteiger partial charge is 0.284 e. The van der Waals surface area contributed by atoms with Crippen LogP contribution in [0.25, 0.3) is 0 Å². The Balaban J connectivity index is 2.86. The van der Waals surface area contributed by atoms with Crippen molar-refractivity contribution in [2.75, 3.05) is 13.7 Å². The number of hydrogen-bond acceptors (Lipinski definition) is 3. The van der Waals surface area contributed by atoms with Gasteiger partial charge in [0.15, 0.2) is 0 Å². The molecular formula is C14H19NO3. The van der Waals surface area contributed by atoms with E-state index >= 15 is 0 Å². The highest BCUT2D eigenvalue weighted by Gasteiger charge is 2.10. The molecule has 1 N–H and O–H groups in total. The number of methoxy groups -OCH3 is 1. The summed E-state index contributed by atoms with van der Waals surface area (Å²) in [4.78, 5) is 21.0. The van der Waals surface area contributed by atoms with Crippen LogP contribution in [0.3, 0.4) is 0 Å². The Labute approximate surface area is 107 Å². The first-order valence-corrected chi connectivity index (χ1v) is 5.88. The van der Waals surface area contributed by atoms with Crippen LogP contribution in [0.2, 0.25) is 0 Å². The zero-order chi connectivity index (χ0) is 13.7. The van der Waals surface area contributed by atoms with Crippen LogP contribution in [-0.4, -0.2) is 25.8 Å². The van der Waals surface area contributed by atoms with Crippen LogP contribution < -0.4 is 10.1 Å². The molecule has 0 aliphatic carbocycles. The number of aldehydes is 1. The Bertz CT molecular complexity index is 467. The quantitative estimate of drug-likeness (QED) is 0.635. The molecule has 0 aromatic heterocycles. The minimum atomic E-state index is -0.574. The predicted molar refractivity (Wildman–Crippen MR) is 70.0 cm³/mol. The second-order valence-corrected chi connectivity index (χ2v) is 4.28. The van der Waals surface area contributed by atoms with Gasteiger partial charge in [-0.1, -0.05) is 0 Å². The maximum atomic E-state index is 10.8. The van der Waals surface area contributed by atoms with Crippen molar-refractivity contribution in [1.29, 1.82) is 0 Å². The van der Waals surface area contributed by atoms with E-state index in [0.29, 0.717) is 19.3 Å². The van der Waals surface area contributed by atoms with Crippen LogP contribution in [0.5, 0.6) is 5.75 Å². The van der Waals surface area contributed by atoms with Gasteiger partial charge in [-0.3, -0.25) is 9.59 Å². The van der Waals surface area contributed by atoms with Crippen LogP contribution in [0.15, 0.2) is 6.07 Å². The molecule has 1 rings (SSSR count). The van der Waals surface area contributed by atoms with Gasteiger partial charge in [-0.25, -0.2) is 0 Å². The minimum Gasteiger partial charge on any atom is -0.496 e. The van der Waals surface area contributed by atoms with Crippen molar-refractivity contribution in [3.8, 4) is 5.75 Å². The second-order valence-electron chi connectivity index (χ2n) is 4.28. The Morgan fingerprint density at radius 1 is 1.33 bits per heavy atom. The van der Waals surface area contributed by atoms with Gasteiger partial charge in [-0.05, 0) is 55.5 Å². The Morgan fingerprint density at radius 3 is 2.56 bits per heavy atom. The number of ether oxygens (including phenoxy) is 1. The number of amides is 1. The van der Waals surface area contributed by atoms with Crippen molar-refractivity contribution in [3.05, 3.63) is 28.3 Å². The van der Waals surface area contributed by atoms with Crippen molar-refractivity contribution in [2.45, 2.75) is 27.2 Å². The standard InChI is InChI=1S/C14H19NO3/c1-9-7-13(18-4)11(3)10(2)12(9)5-6-15-14(17)8-16/h7-8H,5-6H2,1-4H3,(H,15,17). The molecule has 0 atom stereocenters. The molecule has 0 spiro atoms. The average Bonchev–Trinajstić information content (AvgIpc) is 2.37. The molecule has 0 unspecified atom stereocenters. The van der Waals surface area contributed by atoms with E-state index in [-0.39, 0.29) is 0 Å². The molecule has 0 heterocycles. The fraction of sp³-hybridized carbons (Fsp3) is 0.429. The lowest BCUT2D eigenvalue weighted by Gasteiger charge is -2.16. The summed E-state index contributed by atoms with van der Waals surface area (Å²) in [6.07, 6.45) is 1.00. The van der Waals surface area contributed by atoms with E-state index in [1.807, 2.05) is 26.8 Å². The summed E-state index contributed by atoms with van der Waals surface area (Å²) < 4.78 is 5.31. The molecule has 4 heteroatoms. The second kappa shape index (κ2) is 6.19. The van der Waals surface area contributed by atoms with Gasteiger partial charge in [0.05, 0.1) is 7.11 Å². The van der Waals surface area contributed by atoms with Crippen molar-refractivity contribution in [3.63, 3.8) is 0 Å². The molecule has 18 heavy (non-hydrogen) atoms. The van der Waals surface area contributed by atoms with Gasteiger partial charge in [0.1, 0.15) is 5.75 Å². The van der Waals surface area contributed by atoms with Crippen molar-refractivity contribution in [1.82, 2.24) is 5.32 Å². The van der Waals surface area contributed by atoms with E-state index in [1.165, 1.54) is 11.1 Å². The zero-order valence-electron chi connectivity index (χ0n) is 11.3. The molecule has 0 saturated carbocycles. The highest BCUT2D eigenvalue weighted by molar-refractivity contribution is 6.23. The van der Waals surface area contributed by atoms with Crippen molar-refractivity contribution in [2.24, 2.45) is 0 Å². The highest BCUT2D eigenvalue weighted by atomic mass is 16.5. The van der Waals surface area contributed by atoms with Crippen LogP contribution in [0.4, 0.5) is 0 Å². The summed E-state index contributed by atoms with van der Waals surface area (Å²) in [5.41, 5.74) is 4.61. The van der Waals surface area contributed by atoms with E-state index in [9.17, 15) is 9.59 Å². The number of hydrogen-bond donors (Lipinski definition) is 1. The molecule has 0 bridgehead atoms. The lowest BCUT2D eigenvalue weighted by molar-refractivity contribution is -0.131. The summed E-state index contributed by atoms with van der Waals surface area (Å²) >= 11 is 0. The van der Waals surface area contributed by atoms with Gasteiger partial charge < -0.3 is 10.1 Å². The van der Waals surface area contributed by atoms with E-state index in [0.717, 1.165) is 16.9 Å². The fourth-order valence-corrected chi connectivity index (χ4v) is 2.05. The molecule has 1 amide bonds. The Morgan fingerprint density at radius 2 is 2.00 bits per heavy atom. The largest absolute Gasteiger partial charge is 0.496 e. The molecule has 1 aromatic rings. The van der Waals surface area contributed by atoms with Crippen molar-refractivity contribution < 1.29 is 14.3 Å². The van der Waals surface area contributed by atoms with E-state index in [2.05, 4.69) is 5.32 Å². The van der Waals surface area contributed by atoms with Gasteiger partial charge in [-0.2, -0.15) is 0 Å². The number of nitrogens with one attached hydrogen (secondary N) is 1. The first-order chi connectivity index (χ1) is 8.51. The third kappa shape index (κ3) is 3.09. The summed E-state index contributed by atoms with van der Waals surface area (Å²) in [6.45, 7) is 6.54. The minimum absolute atomic E-state index is 0.291. The molecule has 4 nitrogen and oxygen atoms in total. The zero-order valence-corrected chi connectivity index (χ0v) is 11.3. The molecule has 0 aliphatic heterocycles. The van der Waals surface area contributed by atoms with E-state index in [4.69, 9.17) is 4.74 Å². The topological polar surface area (TPSA) is 55.4 Å². The van der Waals surface area contributed by atoms with Crippen LogP contribution >= 0.6 is 0 Å². The Hall–Kier alpha value is -1.84. The lowest BCUT2D eigenvalue weighted by atomic mass is 9.95. The molecular weight excluding hydrogens is 230 g/mol. The first-order valence-electron chi connectivity index (χ1n) is 5.88. The summed E-state index contributed by atoms with van der Waals surface area (Å²) in [5.74, 6) is 0.307. The number of aryl methyl sites for hydroxylation is 1. The number of benzene rings is 1. The molecule has 0 aliphatic rings. The van der Waals surface area contributed by atoms with Crippen LogP contribution in [0, 0.1) is 20.8 Å². The van der Waals surface area contributed by atoms with Gasteiger partial charge in [0.25, 0.3) is 5.91 Å². The number of carbonyl (C=O) groups is 2. The first kappa shape index (κ1) is 14.2. The molecule has 98 valence electrons. The van der Waals surface area contributed by atoms with Crippen LogP contribution in [-0.2, 0) is 16.0 Å². The van der Waals surface area contributed by atoms with Crippen molar-refractivity contribution >= 4 is 12.2 Å². The maximum Gasteiger partial charge on any atom is 0.284 e. The SMILES string of the molecule is COc1cc(C)c(CCNC(=O)C=O)c(C)c1C. The normalized spacial score (nSPS) is 10.0. The lowest BCUT2D eigenvalue weighted by Crippen LogP contribution is -2.26. The van der Waals surface area contributed by atoms with Gasteiger partial charge in [-0.15, -0.1) is 0 Å². The average molecular weight is 249 g/mol. The Kier molecular flexibility index (Phi) is 4.89. The molecule has 1 aromatic carbocycles. The molecule has 0 radical (unpaired) electrons. The van der Waals surface area contributed by atoms with Gasteiger partial charge in [0.2, 0.25) is 6.29 Å². The monoisotopic (exact) mass is 249 g/mol. The number of carbonyl (C=O) groups excluding carboxylic acids is 2. The third-order valence-electron chi connectivity index (χ3n) is 3.21. The molecule has 0 saturated heterocycles. The maximum absolute atomic E-state index is 10.8. The van der Waals surface area contributed by atoms with Gasteiger partial charge >= 0.3 is 0 Å². The van der Waals surface area contributed by atoms with Gasteiger partial charge in [0, 0.05) is 6.54 Å². The summed E-state index contributed by atoms with van der Waals surface area (Å²) in [7, 11) is 1.66.